The molecule has 0 bridgehead atoms. The number of nitrogens with zero attached hydrogens (tertiary/aromatic N) is 1. The van der Waals surface area contributed by atoms with Crippen LogP contribution in [0.15, 0.2) is 36.1 Å². The van der Waals surface area contributed by atoms with Crippen molar-refractivity contribution in [2.75, 3.05) is 12.3 Å². The van der Waals surface area contributed by atoms with Crippen LogP contribution in [0.1, 0.15) is 52.9 Å². The average Bonchev–Trinajstić information content (AvgIpc) is 3.13. The number of hydrogen-bond acceptors (Lipinski definition) is 6. The van der Waals surface area contributed by atoms with E-state index in [2.05, 4.69) is 23.6 Å². The van der Waals surface area contributed by atoms with Gasteiger partial charge in [-0.1, -0.05) is 44.6 Å². The van der Waals surface area contributed by atoms with Crippen molar-refractivity contribution < 1.29 is 23.8 Å². The fourth-order valence-corrected chi connectivity index (χ4v) is 4.56. The second-order valence-electron chi connectivity index (χ2n) is 8.22. The van der Waals surface area contributed by atoms with E-state index >= 15 is 0 Å². The number of anilines is 1. The minimum atomic E-state index is -3.97. The number of ether oxygens (including phenoxy) is 1. The van der Waals surface area contributed by atoms with Crippen LogP contribution in [0.4, 0.5) is 5.82 Å². The summed E-state index contributed by atoms with van der Waals surface area (Å²) >= 11 is 0. The molecular weight excluding hydrogens is 441 g/mol. The first-order valence-corrected chi connectivity index (χ1v) is 13.1. The van der Waals surface area contributed by atoms with E-state index in [1.807, 2.05) is 38.1 Å². The van der Waals surface area contributed by atoms with Crippen LogP contribution in [0.5, 0.6) is 0 Å². The van der Waals surface area contributed by atoms with Gasteiger partial charge in [0, 0.05) is 24.3 Å². The lowest BCUT2D eigenvalue weighted by atomic mass is 9.92. The van der Waals surface area contributed by atoms with Crippen LogP contribution in [0.2, 0.25) is 0 Å². The Labute approximate surface area is 196 Å². The van der Waals surface area contributed by atoms with Gasteiger partial charge in [-0.15, -0.1) is 0 Å². The lowest BCUT2D eigenvalue weighted by molar-refractivity contribution is -0.0209. The molecule has 5 atom stereocenters. The van der Waals surface area contributed by atoms with E-state index < -0.39 is 20.0 Å². The van der Waals surface area contributed by atoms with E-state index in [4.69, 9.17) is 15.0 Å². The minimum absolute atomic E-state index is 0.00413. The summed E-state index contributed by atoms with van der Waals surface area (Å²) in [6, 6.07) is 3.72. The van der Waals surface area contributed by atoms with Crippen LogP contribution >= 0.6 is 7.75 Å². The molecule has 1 aromatic heterocycles. The van der Waals surface area contributed by atoms with E-state index in [1.165, 1.54) is 6.20 Å². The third kappa shape index (κ3) is 8.72. The Kier molecular flexibility index (Phi) is 10.8. The second-order valence-corrected chi connectivity index (χ2v) is 9.78. The highest BCUT2D eigenvalue weighted by atomic mass is 31.2. The fraction of sp³-hybridized carbons (Fsp3) is 0.542. The zero-order valence-electron chi connectivity index (χ0n) is 19.8. The van der Waals surface area contributed by atoms with Gasteiger partial charge in [0.1, 0.15) is 5.82 Å². The van der Waals surface area contributed by atoms with Crippen molar-refractivity contribution in [1.29, 1.82) is 0 Å². The van der Waals surface area contributed by atoms with Crippen LogP contribution in [0.25, 0.3) is 12.7 Å². The number of hydrogen-bond donors (Lipinski definition) is 4. The summed E-state index contributed by atoms with van der Waals surface area (Å²) in [6.45, 7) is 9.77. The summed E-state index contributed by atoms with van der Waals surface area (Å²) in [6.07, 6.45) is 9.24. The summed E-state index contributed by atoms with van der Waals surface area (Å²) in [7, 11) is -3.97. The molecule has 4 unspecified atom stereocenters. The highest BCUT2D eigenvalue weighted by Crippen LogP contribution is 2.38. The normalized spacial score (nSPS) is 24.8. The molecule has 1 saturated heterocycles. The molecule has 0 spiro atoms. The van der Waals surface area contributed by atoms with Crippen LogP contribution in [0, 0.1) is 5.92 Å². The van der Waals surface area contributed by atoms with Crippen molar-refractivity contribution >= 4 is 26.2 Å². The Hall–Kier alpha value is -1.96. The number of aliphatic hydroxyl groups is 1. The fourth-order valence-electron chi connectivity index (χ4n) is 3.87. The standard InChI is InChI=1S/C24H38N3O5P/c1-5-18(6-2)12-14-26-33(29,30)31-15-13-22-21(28)16-23(32-22)19(7-3)10-11-20-9-8-17(4)27-24(20)25/h5,8-9,11-12,14,19,21-23,28H,4,6-7,10,13,15-16H2,1-3H3,(H2,25,27)(H2,26,29,30)/b14-12-,18-5-,20-11-/t19-,21?,22?,23?/m0/s1. The third-order valence-electron chi connectivity index (χ3n) is 5.94. The molecule has 0 amide bonds. The van der Waals surface area contributed by atoms with Gasteiger partial charge in [0.05, 0.1) is 30.3 Å². The van der Waals surface area contributed by atoms with Crippen molar-refractivity contribution in [2.45, 2.75) is 71.2 Å². The zero-order valence-corrected chi connectivity index (χ0v) is 20.7. The molecule has 2 rings (SSSR count). The zero-order chi connectivity index (χ0) is 24.4. The Bertz CT molecular complexity index is 981. The maximum Gasteiger partial charge on any atom is 0.429 e. The molecule has 1 fully saturated rings. The maximum absolute atomic E-state index is 12.1. The lowest BCUT2D eigenvalue weighted by Gasteiger charge is -2.21. The molecule has 0 saturated carbocycles. The van der Waals surface area contributed by atoms with Gasteiger partial charge in [-0.2, -0.15) is 0 Å². The predicted octanol–water partition coefficient (Wildman–Crippen LogP) is 2.76. The van der Waals surface area contributed by atoms with Gasteiger partial charge in [0.25, 0.3) is 0 Å². The van der Waals surface area contributed by atoms with Crippen molar-refractivity contribution in [1.82, 2.24) is 10.1 Å². The number of nitrogens with two attached hydrogens (primary N) is 1. The molecule has 0 aliphatic carbocycles. The van der Waals surface area contributed by atoms with Gasteiger partial charge in [-0.25, -0.2) is 9.55 Å². The number of allylic oxidation sites excluding steroid dienone is 3. The summed E-state index contributed by atoms with van der Waals surface area (Å²) in [4.78, 5) is 14.1. The number of rotatable bonds is 12. The van der Waals surface area contributed by atoms with Crippen molar-refractivity contribution in [3.05, 3.63) is 46.6 Å². The monoisotopic (exact) mass is 479 g/mol. The Morgan fingerprint density at radius 2 is 2.24 bits per heavy atom. The summed E-state index contributed by atoms with van der Waals surface area (Å²) in [5.74, 6) is 0.660. The molecule has 9 heteroatoms. The Morgan fingerprint density at radius 1 is 1.48 bits per heavy atom. The molecule has 1 aliphatic rings. The number of aliphatic hydroxyl groups excluding tert-OH is 1. The van der Waals surface area contributed by atoms with Gasteiger partial charge >= 0.3 is 7.75 Å². The number of nitrogens with one attached hydrogen (secondary N) is 1. The summed E-state index contributed by atoms with van der Waals surface area (Å²) in [5, 5.41) is 14.4. The molecule has 8 nitrogen and oxygen atoms in total. The summed E-state index contributed by atoms with van der Waals surface area (Å²) in [5.41, 5.74) is 7.01. The van der Waals surface area contributed by atoms with Gasteiger partial charge < -0.3 is 20.5 Å². The molecule has 0 radical (unpaired) electrons. The molecule has 184 valence electrons. The van der Waals surface area contributed by atoms with Gasteiger partial charge in [-0.05, 0) is 43.9 Å². The first-order chi connectivity index (χ1) is 15.7. The molecule has 1 aromatic rings. The Morgan fingerprint density at radius 3 is 2.88 bits per heavy atom. The molecule has 0 aromatic carbocycles. The number of pyridine rings is 1. The van der Waals surface area contributed by atoms with Crippen molar-refractivity contribution in [3.63, 3.8) is 0 Å². The molecule has 5 N–H and O–H groups in total. The maximum atomic E-state index is 12.1. The predicted molar refractivity (Wildman–Crippen MR) is 132 cm³/mol. The smallest absolute Gasteiger partial charge is 0.390 e. The average molecular weight is 480 g/mol. The lowest BCUT2D eigenvalue weighted by Crippen LogP contribution is -2.24. The van der Waals surface area contributed by atoms with E-state index in [0.29, 0.717) is 24.0 Å². The van der Waals surface area contributed by atoms with Gasteiger partial charge in [-0.3, -0.25) is 9.61 Å². The minimum Gasteiger partial charge on any atom is -0.390 e. The van der Waals surface area contributed by atoms with Crippen molar-refractivity contribution in [3.8, 4) is 0 Å². The topological polar surface area (TPSA) is 127 Å². The largest absolute Gasteiger partial charge is 0.429 e. The third-order valence-corrected chi connectivity index (χ3v) is 6.95. The van der Waals surface area contributed by atoms with Crippen LogP contribution in [0.3, 0.4) is 0 Å². The first-order valence-electron chi connectivity index (χ1n) is 11.5. The Balaban J connectivity index is 1.86. The van der Waals surface area contributed by atoms with Gasteiger partial charge in [0.15, 0.2) is 0 Å². The number of nitrogen functional groups attached to an aromatic ring is 1. The molecule has 33 heavy (non-hydrogen) atoms. The molecule has 2 heterocycles. The molecular formula is C24H38N3O5P. The quantitative estimate of drug-likeness (QED) is 0.266. The second kappa shape index (κ2) is 13.1. The highest BCUT2D eigenvalue weighted by Gasteiger charge is 2.37. The van der Waals surface area contributed by atoms with Crippen molar-refractivity contribution in [2.24, 2.45) is 5.92 Å². The van der Waals surface area contributed by atoms with Gasteiger partial charge in [0.2, 0.25) is 0 Å². The van der Waals surface area contributed by atoms with Crippen LogP contribution < -0.4 is 21.4 Å². The van der Waals surface area contributed by atoms with Crippen LogP contribution in [-0.4, -0.2) is 39.9 Å². The highest BCUT2D eigenvalue weighted by molar-refractivity contribution is 7.50. The van der Waals surface area contributed by atoms with E-state index in [-0.39, 0.29) is 18.6 Å². The SMILES string of the molecule is C=c1cc/c(=C/C[C@H](CC)C2CC(O)C(CCOP(=O)(O)N/C=C\C(=C/C)CC)O2)c(N)n1. The van der Waals surface area contributed by atoms with Crippen LogP contribution in [-0.2, 0) is 13.8 Å². The van der Waals surface area contributed by atoms with E-state index in [0.717, 1.165) is 30.1 Å². The number of aromatic nitrogens is 1. The van der Waals surface area contributed by atoms with E-state index in [1.54, 1.807) is 6.08 Å². The van der Waals surface area contributed by atoms with E-state index in [9.17, 15) is 14.6 Å². The first kappa shape index (κ1) is 27.3. The molecule has 1 aliphatic heterocycles. The summed E-state index contributed by atoms with van der Waals surface area (Å²) < 4.78 is 23.4.